The highest BCUT2D eigenvalue weighted by atomic mass is 35.5. The number of carbonyl (C=O) groups is 2. The molecule has 2 heterocycles. The molecule has 0 saturated carbocycles. The molecule has 1 unspecified atom stereocenters. The SMILES string of the molecule is O=C(OC1Cc2cc(Cl)c3[nH]ncc3c2CN(CC(F)(F)F)C1=O)c1ccccc1. The largest absolute Gasteiger partial charge is 0.448 e. The second-order valence-electron chi connectivity index (χ2n) is 6.93. The van der Waals surface area contributed by atoms with Gasteiger partial charge in [0.25, 0.3) is 5.91 Å². The summed E-state index contributed by atoms with van der Waals surface area (Å²) >= 11 is 6.26. The molecule has 3 aromatic rings. The number of fused-ring (bicyclic) bond motifs is 3. The fraction of sp³-hybridized carbons (Fsp3) is 0.250. The lowest BCUT2D eigenvalue weighted by molar-refractivity contribution is -0.167. The number of aromatic nitrogens is 2. The highest BCUT2D eigenvalue weighted by Crippen LogP contribution is 2.33. The number of alkyl halides is 3. The van der Waals surface area contributed by atoms with Crippen LogP contribution in [0.2, 0.25) is 5.02 Å². The number of carbonyl (C=O) groups excluding carboxylic acids is 2. The van der Waals surface area contributed by atoms with Crippen molar-refractivity contribution >= 4 is 34.4 Å². The van der Waals surface area contributed by atoms with Crippen molar-refractivity contribution in [3.8, 4) is 0 Å². The molecular weight excluding hydrogens is 423 g/mol. The van der Waals surface area contributed by atoms with Crippen LogP contribution in [0.4, 0.5) is 13.2 Å². The highest BCUT2D eigenvalue weighted by molar-refractivity contribution is 6.35. The fourth-order valence-electron chi connectivity index (χ4n) is 3.52. The van der Waals surface area contributed by atoms with E-state index in [9.17, 15) is 22.8 Å². The van der Waals surface area contributed by atoms with Crippen LogP contribution in [0.15, 0.2) is 42.6 Å². The van der Waals surface area contributed by atoms with E-state index in [4.69, 9.17) is 16.3 Å². The molecule has 1 aliphatic heterocycles. The molecule has 1 N–H and O–H groups in total. The van der Waals surface area contributed by atoms with Gasteiger partial charge in [0.1, 0.15) is 6.54 Å². The number of hydrogen-bond donors (Lipinski definition) is 1. The average Bonchev–Trinajstić information content (AvgIpc) is 3.15. The first-order valence-corrected chi connectivity index (χ1v) is 9.35. The van der Waals surface area contributed by atoms with Gasteiger partial charge in [0, 0.05) is 18.4 Å². The van der Waals surface area contributed by atoms with Crippen molar-refractivity contribution in [3.63, 3.8) is 0 Å². The van der Waals surface area contributed by atoms with Crippen molar-refractivity contribution in [2.24, 2.45) is 0 Å². The Balaban J connectivity index is 1.74. The van der Waals surface area contributed by atoms with Gasteiger partial charge in [-0.25, -0.2) is 4.79 Å². The topological polar surface area (TPSA) is 75.3 Å². The van der Waals surface area contributed by atoms with E-state index in [1.807, 2.05) is 0 Å². The number of halogens is 4. The van der Waals surface area contributed by atoms with Crippen LogP contribution in [0.3, 0.4) is 0 Å². The number of aromatic amines is 1. The Morgan fingerprint density at radius 2 is 2.03 bits per heavy atom. The van der Waals surface area contributed by atoms with Crippen LogP contribution in [0.5, 0.6) is 0 Å². The van der Waals surface area contributed by atoms with Gasteiger partial charge >= 0.3 is 12.1 Å². The number of nitrogens with zero attached hydrogens (tertiary/aromatic N) is 2. The summed E-state index contributed by atoms with van der Waals surface area (Å²) in [6.45, 7) is -1.77. The summed E-state index contributed by atoms with van der Waals surface area (Å²) in [5.74, 6) is -1.71. The third-order valence-electron chi connectivity index (χ3n) is 4.86. The van der Waals surface area contributed by atoms with Crippen LogP contribution in [0.25, 0.3) is 10.9 Å². The van der Waals surface area contributed by atoms with Crippen molar-refractivity contribution in [1.29, 1.82) is 0 Å². The molecule has 4 rings (SSSR count). The molecule has 1 atom stereocenters. The van der Waals surface area contributed by atoms with Crippen LogP contribution >= 0.6 is 11.6 Å². The predicted octanol–water partition coefficient (Wildman–Crippen LogP) is 3.89. The van der Waals surface area contributed by atoms with Gasteiger partial charge in [-0.3, -0.25) is 9.89 Å². The molecule has 156 valence electrons. The highest BCUT2D eigenvalue weighted by Gasteiger charge is 2.39. The minimum atomic E-state index is -4.61. The van der Waals surface area contributed by atoms with Gasteiger partial charge in [-0.15, -0.1) is 0 Å². The van der Waals surface area contributed by atoms with Crippen molar-refractivity contribution in [1.82, 2.24) is 15.1 Å². The normalized spacial score (nSPS) is 17.0. The average molecular weight is 438 g/mol. The molecule has 0 radical (unpaired) electrons. The Morgan fingerprint density at radius 1 is 1.30 bits per heavy atom. The summed E-state index contributed by atoms with van der Waals surface area (Å²) < 4.78 is 44.8. The van der Waals surface area contributed by atoms with Crippen LogP contribution in [0, 0.1) is 0 Å². The van der Waals surface area contributed by atoms with E-state index in [1.165, 1.54) is 18.3 Å². The summed E-state index contributed by atoms with van der Waals surface area (Å²) in [5.41, 5.74) is 1.67. The van der Waals surface area contributed by atoms with E-state index < -0.39 is 30.7 Å². The van der Waals surface area contributed by atoms with Gasteiger partial charge in [-0.05, 0) is 29.3 Å². The molecule has 6 nitrogen and oxygen atoms in total. The minimum absolute atomic E-state index is 0.0953. The zero-order valence-electron chi connectivity index (χ0n) is 15.4. The van der Waals surface area contributed by atoms with Crippen LogP contribution in [0.1, 0.15) is 21.5 Å². The van der Waals surface area contributed by atoms with E-state index >= 15 is 0 Å². The number of ether oxygens (including phenoxy) is 1. The minimum Gasteiger partial charge on any atom is -0.448 e. The molecule has 0 spiro atoms. The van der Waals surface area contributed by atoms with Crippen LogP contribution < -0.4 is 0 Å². The third-order valence-corrected chi connectivity index (χ3v) is 5.16. The standard InChI is InChI=1S/C20H15ClF3N3O3/c21-15-6-12-7-16(30-19(29)11-4-2-1-3-5-11)18(28)27(10-20(22,23)24)9-14(12)13-8-25-26-17(13)15/h1-6,8,16H,7,9-10H2,(H,25,26). The summed E-state index contributed by atoms with van der Waals surface area (Å²) in [5, 5.41) is 7.44. The molecule has 0 saturated heterocycles. The Morgan fingerprint density at radius 3 is 2.73 bits per heavy atom. The molecule has 30 heavy (non-hydrogen) atoms. The van der Waals surface area contributed by atoms with Gasteiger partial charge in [0.2, 0.25) is 0 Å². The first-order valence-electron chi connectivity index (χ1n) is 8.98. The molecule has 1 aromatic heterocycles. The maximum atomic E-state index is 13.2. The maximum Gasteiger partial charge on any atom is 0.406 e. The van der Waals surface area contributed by atoms with Gasteiger partial charge < -0.3 is 9.64 Å². The monoisotopic (exact) mass is 437 g/mol. The predicted molar refractivity (Wildman–Crippen MR) is 102 cm³/mol. The number of rotatable bonds is 3. The Labute approximate surface area is 173 Å². The van der Waals surface area contributed by atoms with E-state index in [0.29, 0.717) is 32.0 Å². The molecule has 1 amide bonds. The maximum absolute atomic E-state index is 13.2. The Kier molecular flexibility index (Phi) is 5.15. The Hall–Kier alpha value is -3.07. The molecule has 2 aromatic carbocycles. The first-order chi connectivity index (χ1) is 14.2. The van der Waals surface area contributed by atoms with Crippen molar-refractivity contribution in [3.05, 3.63) is 64.3 Å². The summed E-state index contributed by atoms with van der Waals surface area (Å²) in [7, 11) is 0. The molecule has 0 fully saturated rings. The zero-order valence-corrected chi connectivity index (χ0v) is 16.1. The van der Waals surface area contributed by atoms with E-state index in [-0.39, 0.29) is 18.5 Å². The van der Waals surface area contributed by atoms with Crippen molar-refractivity contribution in [2.75, 3.05) is 6.54 Å². The lowest BCUT2D eigenvalue weighted by Crippen LogP contribution is -2.44. The third kappa shape index (κ3) is 3.97. The van der Waals surface area contributed by atoms with Gasteiger partial charge in [0.05, 0.1) is 22.3 Å². The quantitative estimate of drug-likeness (QED) is 0.631. The van der Waals surface area contributed by atoms with E-state index in [1.54, 1.807) is 24.3 Å². The van der Waals surface area contributed by atoms with Crippen LogP contribution in [-0.2, 0) is 22.5 Å². The molecule has 0 bridgehead atoms. The molecule has 1 aliphatic rings. The number of amides is 1. The first kappa shape index (κ1) is 20.2. The number of H-pyrrole nitrogens is 1. The number of hydrogen-bond acceptors (Lipinski definition) is 4. The smallest absolute Gasteiger partial charge is 0.406 e. The summed E-state index contributed by atoms with van der Waals surface area (Å²) in [4.78, 5) is 26.0. The molecule has 0 aliphatic carbocycles. The molecular formula is C20H15ClF3N3O3. The van der Waals surface area contributed by atoms with Gasteiger partial charge in [-0.2, -0.15) is 18.3 Å². The van der Waals surface area contributed by atoms with E-state index in [2.05, 4.69) is 10.2 Å². The lowest BCUT2D eigenvalue weighted by atomic mass is 9.99. The zero-order chi connectivity index (χ0) is 21.5. The molecule has 10 heteroatoms. The summed E-state index contributed by atoms with van der Waals surface area (Å²) in [6, 6.07) is 9.49. The number of nitrogens with one attached hydrogen (secondary N) is 1. The summed E-state index contributed by atoms with van der Waals surface area (Å²) in [6.07, 6.45) is -4.67. The van der Waals surface area contributed by atoms with Crippen molar-refractivity contribution in [2.45, 2.75) is 25.2 Å². The second-order valence-corrected chi connectivity index (χ2v) is 7.34. The number of esters is 1. The van der Waals surface area contributed by atoms with E-state index in [0.717, 1.165) is 0 Å². The van der Waals surface area contributed by atoms with Crippen molar-refractivity contribution < 1.29 is 27.5 Å². The second kappa shape index (κ2) is 7.64. The van der Waals surface area contributed by atoms with Gasteiger partial charge in [-0.1, -0.05) is 29.8 Å². The Bertz CT molecular complexity index is 1110. The fourth-order valence-corrected chi connectivity index (χ4v) is 3.80. The lowest BCUT2D eigenvalue weighted by Gasteiger charge is -2.25. The van der Waals surface area contributed by atoms with Crippen LogP contribution in [-0.4, -0.2) is 45.8 Å². The van der Waals surface area contributed by atoms with Gasteiger partial charge in [0.15, 0.2) is 6.10 Å². The number of benzene rings is 2.